The number of anilines is 1. The van der Waals surface area contributed by atoms with Crippen molar-refractivity contribution in [2.75, 3.05) is 5.32 Å². The third-order valence-corrected chi connectivity index (χ3v) is 4.30. The molecular formula is C16H14N2O2S. The van der Waals surface area contributed by atoms with Crippen molar-refractivity contribution < 1.29 is 9.59 Å². The first-order valence-electron chi connectivity index (χ1n) is 6.51. The first kappa shape index (κ1) is 13.6. The Kier molecular flexibility index (Phi) is 3.35. The third-order valence-electron chi connectivity index (χ3n) is 3.45. The number of hydrogen-bond donors (Lipinski definition) is 1. The van der Waals surface area contributed by atoms with Gasteiger partial charge in [0.1, 0.15) is 5.69 Å². The molecule has 0 radical (unpaired) electrons. The number of aromatic nitrogens is 1. The molecule has 0 aliphatic heterocycles. The molecule has 0 spiro atoms. The molecular weight excluding hydrogens is 284 g/mol. The summed E-state index contributed by atoms with van der Waals surface area (Å²) in [5, 5.41) is 4.86. The van der Waals surface area contributed by atoms with Gasteiger partial charge in [0.15, 0.2) is 5.78 Å². The maximum absolute atomic E-state index is 12.3. The number of thiophene rings is 1. The van der Waals surface area contributed by atoms with Crippen molar-refractivity contribution in [2.45, 2.75) is 6.92 Å². The molecule has 1 aromatic carbocycles. The van der Waals surface area contributed by atoms with Crippen LogP contribution in [-0.2, 0) is 7.05 Å². The second-order valence-corrected chi connectivity index (χ2v) is 5.79. The molecule has 0 aliphatic rings. The molecule has 0 fully saturated rings. The number of nitrogens with zero attached hydrogens (tertiary/aromatic N) is 1. The van der Waals surface area contributed by atoms with E-state index in [4.69, 9.17) is 0 Å². The van der Waals surface area contributed by atoms with Gasteiger partial charge in [0, 0.05) is 18.3 Å². The van der Waals surface area contributed by atoms with Crippen molar-refractivity contribution in [1.82, 2.24) is 4.57 Å². The Morgan fingerprint density at radius 1 is 1.14 bits per heavy atom. The summed E-state index contributed by atoms with van der Waals surface area (Å²) < 4.78 is 2.97. The number of hydrogen-bond acceptors (Lipinski definition) is 3. The van der Waals surface area contributed by atoms with E-state index in [1.54, 1.807) is 35.6 Å². The zero-order valence-corrected chi connectivity index (χ0v) is 12.5. The van der Waals surface area contributed by atoms with Crippen LogP contribution in [0.15, 0.2) is 41.8 Å². The van der Waals surface area contributed by atoms with Crippen LogP contribution < -0.4 is 5.32 Å². The lowest BCUT2D eigenvalue weighted by Crippen LogP contribution is -2.15. The number of nitrogens with one attached hydrogen (secondary N) is 1. The number of carbonyl (C=O) groups is 2. The van der Waals surface area contributed by atoms with Crippen LogP contribution in [0.5, 0.6) is 0 Å². The van der Waals surface area contributed by atoms with Gasteiger partial charge in [0.2, 0.25) is 0 Å². The Bertz CT molecular complexity index is 828. The topological polar surface area (TPSA) is 51.1 Å². The Morgan fingerprint density at radius 2 is 1.86 bits per heavy atom. The number of ketones is 1. The lowest BCUT2D eigenvalue weighted by molar-refractivity contribution is 0.101. The fraction of sp³-hybridized carbons (Fsp3) is 0.125. The smallest absolute Gasteiger partial charge is 0.272 e. The van der Waals surface area contributed by atoms with E-state index < -0.39 is 0 Å². The van der Waals surface area contributed by atoms with Gasteiger partial charge in [-0.1, -0.05) is 0 Å². The molecule has 0 bridgehead atoms. The third kappa shape index (κ3) is 2.48. The fourth-order valence-corrected chi connectivity index (χ4v) is 3.10. The zero-order chi connectivity index (χ0) is 15.0. The van der Waals surface area contributed by atoms with Crippen molar-refractivity contribution >= 4 is 38.9 Å². The summed E-state index contributed by atoms with van der Waals surface area (Å²) in [4.78, 5) is 23.6. The molecule has 4 nitrogen and oxygen atoms in total. The molecule has 3 rings (SSSR count). The van der Waals surface area contributed by atoms with E-state index in [1.807, 2.05) is 29.1 Å². The number of benzene rings is 1. The van der Waals surface area contributed by atoms with E-state index >= 15 is 0 Å². The monoisotopic (exact) mass is 298 g/mol. The van der Waals surface area contributed by atoms with E-state index in [9.17, 15) is 9.59 Å². The molecule has 2 aromatic heterocycles. The highest BCUT2D eigenvalue weighted by atomic mass is 32.1. The van der Waals surface area contributed by atoms with E-state index in [0.29, 0.717) is 16.9 Å². The minimum absolute atomic E-state index is 0.00977. The molecule has 21 heavy (non-hydrogen) atoms. The average molecular weight is 298 g/mol. The van der Waals surface area contributed by atoms with Crippen LogP contribution in [0.3, 0.4) is 0 Å². The quantitative estimate of drug-likeness (QED) is 0.750. The van der Waals surface area contributed by atoms with E-state index in [2.05, 4.69) is 5.32 Å². The van der Waals surface area contributed by atoms with Crippen LogP contribution in [0.4, 0.5) is 5.69 Å². The number of fused-ring (bicyclic) bond motifs is 1. The van der Waals surface area contributed by atoms with Gasteiger partial charge in [-0.3, -0.25) is 9.59 Å². The Balaban J connectivity index is 1.84. The highest BCUT2D eigenvalue weighted by Gasteiger charge is 2.14. The minimum atomic E-state index is -0.156. The zero-order valence-electron chi connectivity index (χ0n) is 11.7. The van der Waals surface area contributed by atoms with Gasteiger partial charge in [0.05, 0.1) is 10.2 Å². The summed E-state index contributed by atoms with van der Waals surface area (Å²) in [7, 11) is 1.88. The predicted octanol–water partition coefficient (Wildman–Crippen LogP) is 3.69. The molecule has 1 amide bonds. The Hall–Kier alpha value is -2.40. The largest absolute Gasteiger partial charge is 0.339 e. The highest BCUT2D eigenvalue weighted by Crippen LogP contribution is 2.24. The lowest BCUT2D eigenvalue weighted by Gasteiger charge is -2.07. The van der Waals surface area contributed by atoms with Gasteiger partial charge >= 0.3 is 0 Å². The molecule has 106 valence electrons. The van der Waals surface area contributed by atoms with Crippen molar-refractivity contribution in [3.63, 3.8) is 0 Å². The molecule has 0 aliphatic carbocycles. The minimum Gasteiger partial charge on any atom is -0.339 e. The van der Waals surface area contributed by atoms with Gasteiger partial charge in [-0.25, -0.2) is 0 Å². The maximum atomic E-state index is 12.3. The van der Waals surface area contributed by atoms with Gasteiger partial charge in [-0.05, 0) is 48.7 Å². The van der Waals surface area contributed by atoms with Crippen molar-refractivity contribution in [3.8, 4) is 0 Å². The number of rotatable bonds is 3. The second kappa shape index (κ2) is 5.18. The summed E-state index contributed by atoms with van der Waals surface area (Å²) in [5.74, 6) is -0.146. The normalized spacial score (nSPS) is 10.8. The van der Waals surface area contributed by atoms with Gasteiger partial charge in [0.25, 0.3) is 5.91 Å². The van der Waals surface area contributed by atoms with E-state index in [-0.39, 0.29) is 11.7 Å². The molecule has 5 heteroatoms. The van der Waals surface area contributed by atoms with E-state index in [0.717, 1.165) is 10.2 Å². The standard InChI is InChI=1S/C16H14N2O2S/c1-10(19)11-3-5-12(6-4-11)17-16(20)14-9-15-13(18(14)2)7-8-21-15/h3-9H,1-2H3,(H,17,20). The summed E-state index contributed by atoms with van der Waals surface area (Å²) >= 11 is 1.61. The molecule has 0 unspecified atom stereocenters. The van der Waals surface area contributed by atoms with E-state index in [1.165, 1.54) is 6.92 Å². The summed E-state index contributed by atoms with van der Waals surface area (Å²) in [5.41, 5.74) is 2.98. The van der Waals surface area contributed by atoms with Gasteiger partial charge in [-0.2, -0.15) is 0 Å². The number of amides is 1. The molecule has 0 saturated heterocycles. The van der Waals surface area contributed by atoms with Crippen LogP contribution in [0.2, 0.25) is 0 Å². The molecule has 2 heterocycles. The molecule has 1 N–H and O–H groups in total. The summed E-state index contributed by atoms with van der Waals surface area (Å²) in [6.45, 7) is 1.52. The number of aryl methyl sites for hydroxylation is 1. The van der Waals surface area contributed by atoms with Crippen molar-refractivity contribution in [3.05, 3.63) is 53.0 Å². The van der Waals surface area contributed by atoms with Crippen LogP contribution in [0, 0.1) is 0 Å². The summed E-state index contributed by atoms with van der Waals surface area (Å²) in [6.07, 6.45) is 0. The first-order chi connectivity index (χ1) is 10.1. The van der Waals surface area contributed by atoms with Crippen molar-refractivity contribution in [1.29, 1.82) is 0 Å². The second-order valence-electron chi connectivity index (χ2n) is 4.85. The predicted molar refractivity (Wildman–Crippen MR) is 85.2 cm³/mol. The Labute approximate surface area is 126 Å². The van der Waals surface area contributed by atoms with Crippen LogP contribution in [0.1, 0.15) is 27.8 Å². The maximum Gasteiger partial charge on any atom is 0.272 e. The number of Topliss-reactive ketones (excluding diaryl/α,β-unsaturated/α-hetero) is 1. The summed E-state index contributed by atoms with van der Waals surface area (Å²) in [6, 6.07) is 10.8. The first-order valence-corrected chi connectivity index (χ1v) is 7.39. The van der Waals surface area contributed by atoms with Crippen LogP contribution in [-0.4, -0.2) is 16.3 Å². The van der Waals surface area contributed by atoms with Crippen LogP contribution in [0.25, 0.3) is 10.2 Å². The number of carbonyl (C=O) groups excluding carboxylic acids is 2. The Morgan fingerprint density at radius 3 is 2.48 bits per heavy atom. The van der Waals surface area contributed by atoms with Gasteiger partial charge < -0.3 is 9.88 Å². The van der Waals surface area contributed by atoms with Crippen molar-refractivity contribution in [2.24, 2.45) is 7.05 Å². The molecule has 0 saturated carbocycles. The van der Waals surface area contributed by atoms with Crippen LogP contribution >= 0.6 is 11.3 Å². The lowest BCUT2D eigenvalue weighted by atomic mass is 10.1. The average Bonchev–Trinajstić information content (AvgIpc) is 3.03. The fourth-order valence-electron chi connectivity index (χ4n) is 2.25. The molecule has 0 atom stereocenters. The van der Waals surface area contributed by atoms with Gasteiger partial charge in [-0.15, -0.1) is 11.3 Å². The molecule has 3 aromatic rings. The highest BCUT2D eigenvalue weighted by molar-refractivity contribution is 7.17. The SMILES string of the molecule is CC(=O)c1ccc(NC(=O)c2cc3sccc3n2C)cc1.